The summed E-state index contributed by atoms with van der Waals surface area (Å²) in [6, 6.07) is 24.8. The summed E-state index contributed by atoms with van der Waals surface area (Å²) < 4.78 is 10.9. The summed E-state index contributed by atoms with van der Waals surface area (Å²) in [5.74, 6) is 0.652. The lowest BCUT2D eigenvalue weighted by atomic mass is 9.91. The molecule has 5 nitrogen and oxygen atoms in total. The first-order valence-electron chi connectivity index (χ1n) is 9.46. The van der Waals surface area contributed by atoms with Gasteiger partial charge in [-0.1, -0.05) is 60.7 Å². The molecule has 5 heteroatoms. The summed E-state index contributed by atoms with van der Waals surface area (Å²) in [6.07, 6.45) is 1.59. The summed E-state index contributed by atoms with van der Waals surface area (Å²) in [6.45, 7) is 2.47. The number of hydrazone groups is 1. The van der Waals surface area contributed by atoms with Gasteiger partial charge in [-0.25, -0.2) is 5.43 Å². The molecule has 0 aromatic heterocycles. The Bertz CT molecular complexity index is 917. The molecule has 0 radical (unpaired) electrons. The van der Waals surface area contributed by atoms with E-state index in [1.165, 1.54) is 0 Å². The van der Waals surface area contributed by atoms with Crippen molar-refractivity contribution in [3.05, 3.63) is 95.6 Å². The fourth-order valence-corrected chi connectivity index (χ4v) is 3.06. The van der Waals surface area contributed by atoms with Crippen molar-refractivity contribution in [3.8, 4) is 11.5 Å². The molecule has 0 bridgehead atoms. The highest BCUT2D eigenvalue weighted by molar-refractivity contribution is 5.88. The number of methoxy groups -OCH3 is 1. The molecular weight excluding hydrogens is 364 g/mol. The van der Waals surface area contributed by atoms with Gasteiger partial charge in [0, 0.05) is 0 Å². The van der Waals surface area contributed by atoms with Crippen molar-refractivity contribution >= 4 is 12.1 Å². The lowest BCUT2D eigenvalue weighted by Crippen LogP contribution is -2.26. The van der Waals surface area contributed by atoms with Gasteiger partial charge in [0.15, 0.2) is 11.5 Å². The minimum atomic E-state index is -0.440. The van der Waals surface area contributed by atoms with E-state index in [9.17, 15) is 4.79 Å². The Morgan fingerprint density at radius 1 is 0.966 bits per heavy atom. The zero-order valence-electron chi connectivity index (χ0n) is 16.5. The third kappa shape index (κ3) is 5.23. The average Bonchev–Trinajstić information content (AvgIpc) is 2.76. The number of amides is 1. The van der Waals surface area contributed by atoms with Crippen molar-refractivity contribution in [1.82, 2.24) is 5.43 Å². The van der Waals surface area contributed by atoms with Gasteiger partial charge in [0.1, 0.15) is 0 Å². The second-order valence-electron chi connectivity index (χ2n) is 6.33. The number of rotatable bonds is 8. The number of hydrogen-bond acceptors (Lipinski definition) is 4. The standard InChI is InChI=1S/C24H24N2O3/c1-3-29-21-15-14-18(16-22(21)28-2)17-25-26-24(27)23(19-10-6-4-7-11-19)20-12-8-5-9-13-20/h4-17,23H,3H2,1-2H3,(H,26,27)/b25-17+. The van der Waals surface area contributed by atoms with Gasteiger partial charge in [0.25, 0.3) is 5.91 Å². The van der Waals surface area contributed by atoms with Crippen molar-refractivity contribution in [1.29, 1.82) is 0 Å². The molecule has 0 unspecified atom stereocenters. The van der Waals surface area contributed by atoms with Crippen molar-refractivity contribution in [3.63, 3.8) is 0 Å². The van der Waals surface area contributed by atoms with Crippen LogP contribution in [0.2, 0.25) is 0 Å². The van der Waals surface area contributed by atoms with Crippen molar-refractivity contribution in [2.45, 2.75) is 12.8 Å². The Morgan fingerprint density at radius 2 is 1.59 bits per heavy atom. The maximum atomic E-state index is 12.9. The fraction of sp³-hybridized carbons (Fsp3) is 0.167. The van der Waals surface area contributed by atoms with Gasteiger partial charge in [-0.05, 0) is 41.8 Å². The maximum Gasteiger partial charge on any atom is 0.252 e. The highest BCUT2D eigenvalue weighted by Gasteiger charge is 2.22. The van der Waals surface area contributed by atoms with Crippen LogP contribution in [0.5, 0.6) is 11.5 Å². The second kappa shape index (κ2) is 10.1. The molecule has 3 aromatic carbocycles. The van der Waals surface area contributed by atoms with E-state index in [-0.39, 0.29) is 5.91 Å². The largest absolute Gasteiger partial charge is 0.493 e. The normalized spacial score (nSPS) is 10.9. The minimum Gasteiger partial charge on any atom is -0.493 e. The van der Waals surface area contributed by atoms with Crippen LogP contribution in [0, 0.1) is 0 Å². The van der Waals surface area contributed by atoms with Crippen molar-refractivity contribution in [2.24, 2.45) is 5.10 Å². The molecule has 0 aliphatic rings. The van der Waals surface area contributed by atoms with Crippen LogP contribution in [0.3, 0.4) is 0 Å². The Morgan fingerprint density at radius 3 is 2.14 bits per heavy atom. The predicted octanol–water partition coefficient (Wildman–Crippen LogP) is 4.38. The van der Waals surface area contributed by atoms with Crippen LogP contribution in [-0.2, 0) is 4.79 Å². The number of carbonyl (C=O) groups is 1. The molecule has 0 saturated heterocycles. The van der Waals surface area contributed by atoms with Crippen LogP contribution in [0.4, 0.5) is 0 Å². The molecular formula is C24H24N2O3. The van der Waals surface area contributed by atoms with E-state index in [2.05, 4.69) is 10.5 Å². The molecule has 3 rings (SSSR count). The topological polar surface area (TPSA) is 59.9 Å². The number of hydrogen-bond donors (Lipinski definition) is 1. The maximum absolute atomic E-state index is 12.9. The Labute approximate surface area is 171 Å². The first-order valence-corrected chi connectivity index (χ1v) is 9.46. The monoisotopic (exact) mass is 388 g/mol. The van der Waals surface area contributed by atoms with Crippen LogP contribution >= 0.6 is 0 Å². The summed E-state index contributed by atoms with van der Waals surface area (Å²) in [4.78, 5) is 12.9. The minimum absolute atomic E-state index is 0.198. The van der Waals surface area contributed by atoms with E-state index in [1.807, 2.05) is 85.8 Å². The first kappa shape index (κ1) is 20.1. The van der Waals surface area contributed by atoms with E-state index in [1.54, 1.807) is 13.3 Å². The van der Waals surface area contributed by atoms with E-state index < -0.39 is 5.92 Å². The molecule has 0 aliphatic heterocycles. The molecule has 0 atom stereocenters. The zero-order chi connectivity index (χ0) is 20.5. The number of nitrogens with one attached hydrogen (secondary N) is 1. The third-order valence-corrected chi connectivity index (χ3v) is 4.40. The van der Waals surface area contributed by atoms with E-state index in [0.717, 1.165) is 16.7 Å². The Kier molecular flexibility index (Phi) is 7.00. The van der Waals surface area contributed by atoms with Crippen LogP contribution in [0.1, 0.15) is 29.5 Å². The molecule has 0 heterocycles. The average molecular weight is 388 g/mol. The van der Waals surface area contributed by atoms with E-state index in [0.29, 0.717) is 18.1 Å². The molecule has 148 valence electrons. The molecule has 0 aliphatic carbocycles. The molecule has 0 fully saturated rings. The van der Waals surface area contributed by atoms with Gasteiger partial charge in [0.2, 0.25) is 0 Å². The lowest BCUT2D eigenvalue weighted by Gasteiger charge is -2.16. The van der Waals surface area contributed by atoms with Crippen LogP contribution in [0.15, 0.2) is 84.0 Å². The van der Waals surface area contributed by atoms with Gasteiger partial charge in [-0.15, -0.1) is 0 Å². The number of ether oxygens (including phenoxy) is 2. The summed E-state index contributed by atoms with van der Waals surface area (Å²) in [7, 11) is 1.59. The van der Waals surface area contributed by atoms with Crippen LogP contribution in [-0.4, -0.2) is 25.8 Å². The van der Waals surface area contributed by atoms with E-state index >= 15 is 0 Å². The highest BCUT2D eigenvalue weighted by Crippen LogP contribution is 2.27. The first-order chi connectivity index (χ1) is 14.2. The van der Waals surface area contributed by atoms with Gasteiger partial charge in [-0.3, -0.25) is 4.79 Å². The quantitative estimate of drug-likeness (QED) is 0.460. The van der Waals surface area contributed by atoms with Gasteiger partial charge < -0.3 is 9.47 Å². The summed E-state index contributed by atoms with van der Waals surface area (Å²) in [5, 5.41) is 4.14. The smallest absolute Gasteiger partial charge is 0.252 e. The Balaban J connectivity index is 1.77. The fourth-order valence-electron chi connectivity index (χ4n) is 3.06. The van der Waals surface area contributed by atoms with E-state index in [4.69, 9.17) is 9.47 Å². The molecule has 1 amide bonds. The van der Waals surface area contributed by atoms with Crippen molar-refractivity contribution in [2.75, 3.05) is 13.7 Å². The van der Waals surface area contributed by atoms with Gasteiger partial charge in [0.05, 0.1) is 25.8 Å². The molecule has 1 N–H and O–H groups in total. The van der Waals surface area contributed by atoms with Crippen LogP contribution < -0.4 is 14.9 Å². The van der Waals surface area contributed by atoms with Gasteiger partial charge in [-0.2, -0.15) is 5.10 Å². The van der Waals surface area contributed by atoms with Crippen molar-refractivity contribution < 1.29 is 14.3 Å². The molecule has 0 saturated carbocycles. The molecule has 0 spiro atoms. The van der Waals surface area contributed by atoms with Crippen LogP contribution in [0.25, 0.3) is 0 Å². The summed E-state index contributed by atoms with van der Waals surface area (Å²) >= 11 is 0. The second-order valence-corrected chi connectivity index (χ2v) is 6.33. The highest BCUT2D eigenvalue weighted by atomic mass is 16.5. The SMILES string of the molecule is CCOc1ccc(/C=N/NC(=O)C(c2ccccc2)c2ccccc2)cc1OC. The zero-order valence-corrected chi connectivity index (χ0v) is 16.5. The number of carbonyl (C=O) groups excluding carboxylic acids is 1. The lowest BCUT2D eigenvalue weighted by molar-refractivity contribution is -0.121. The number of benzene rings is 3. The molecule has 29 heavy (non-hydrogen) atoms. The van der Waals surface area contributed by atoms with Gasteiger partial charge >= 0.3 is 0 Å². The molecule has 3 aromatic rings. The third-order valence-electron chi connectivity index (χ3n) is 4.40. The summed E-state index contributed by atoms with van der Waals surface area (Å²) in [5.41, 5.74) is 5.28. The Hall–Kier alpha value is -3.60. The number of nitrogens with zero attached hydrogens (tertiary/aromatic N) is 1. The predicted molar refractivity (Wildman–Crippen MR) is 115 cm³/mol.